The number of hydrogen-bond acceptors (Lipinski definition) is 4. The largest absolute Gasteiger partial charge is 0.507 e. The van der Waals surface area contributed by atoms with Gasteiger partial charge in [0.05, 0.1) is 0 Å². The van der Waals surface area contributed by atoms with E-state index >= 15 is 0 Å². The Morgan fingerprint density at radius 1 is 1.09 bits per heavy atom. The minimum Gasteiger partial charge on any atom is -0.507 e. The molecular weight excluding hydrogens is 513 g/mol. The third kappa shape index (κ3) is 6.11. The molecular formula is C26H29BBrNO4S. The average molecular weight is 542 g/mol. The normalized spacial score (nSPS) is 11.5. The van der Waals surface area contributed by atoms with Gasteiger partial charge in [0.15, 0.2) is 0 Å². The van der Waals surface area contributed by atoms with E-state index in [2.05, 4.69) is 22.5 Å². The molecule has 0 saturated heterocycles. The van der Waals surface area contributed by atoms with Gasteiger partial charge in [-0.25, -0.2) is 12.6 Å². The maximum Gasteiger partial charge on any atom is 0.243 e. The van der Waals surface area contributed by atoms with Crippen LogP contribution in [0.3, 0.4) is 0 Å². The topological polar surface area (TPSA) is 66.8 Å². The van der Waals surface area contributed by atoms with Crippen LogP contribution in [0.4, 0.5) is 0 Å². The Bertz CT molecular complexity index is 1270. The first-order valence-corrected chi connectivity index (χ1v) is 13.2. The third-order valence-electron chi connectivity index (χ3n) is 5.45. The molecule has 0 heterocycles. The van der Waals surface area contributed by atoms with Crippen LogP contribution in [0.25, 0.3) is 0 Å². The van der Waals surface area contributed by atoms with Gasteiger partial charge in [0.25, 0.3) is 0 Å². The van der Waals surface area contributed by atoms with Crippen LogP contribution in [0.1, 0.15) is 23.6 Å². The molecule has 0 radical (unpaired) electrons. The number of nitrogens with zero attached hydrogens (tertiary/aromatic N) is 1. The smallest absolute Gasteiger partial charge is 0.243 e. The van der Waals surface area contributed by atoms with Crippen LogP contribution in [0.15, 0.2) is 82.2 Å². The highest BCUT2D eigenvalue weighted by atomic mass is 79.9. The number of sulfonamides is 1. The molecule has 0 bridgehead atoms. The molecule has 0 aromatic heterocycles. The predicted octanol–water partition coefficient (Wildman–Crippen LogP) is 6.53. The van der Waals surface area contributed by atoms with Crippen LogP contribution in [0.5, 0.6) is 17.2 Å². The van der Waals surface area contributed by atoms with E-state index in [-0.39, 0.29) is 24.0 Å². The maximum atomic E-state index is 13.8. The quantitative estimate of drug-likeness (QED) is 0.247. The highest BCUT2D eigenvalue weighted by Gasteiger charge is 2.33. The van der Waals surface area contributed by atoms with Gasteiger partial charge in [-0.15, -0.1) is 0 Å². The van der Waals surface area contributed by atoms with Crippen molar-refractivity contribution in [3.05, 3.63) is 94.0 Å². The lowest BCUT2D eigenvalue weighted by Gasteiger charge is -2.27. The third-order valence-corrected chi connectivity index (χ3v) is 7.90. The highest BCUT2D eigenvalue weighted by molar-refractivity contribution is 9.10. The van der Waals surface area contributed by atoms with Crippen LogP contribution >= 0.6 is 15.9 Å². The van der Waals surface area contributed by atoms with Crippen molar-refractivity contribution in [1.29, 1.82) is 0 Å². The van der Waals surface area contributed by atoms with Gasteiger partial charge in [0.1, 0.15) is 22.1 Å². The summed E-state index contributed by atoms with van der Waals surface area (Å²) in [6.45, 7) is 11.2. The molecule has 8 heteroatoms. The van der Waals surface area contributed by atoms with Crippen molar-refractivity contribution in [3.63, 3.8) is 0 Å². The van der Waals surface area contributed by atoms with Crippen molar-refractivity contribution < 1.29 is 18.3 Å². The lowest BCUT2D eigenvalue weighted by Crippen LogP contribution is -2.44. The first kappa shape index (κ1) is 26.1. The first-order valence-electron chi connectivity index (χ1n) is 11.0. The highest BCUT2D eigenvalue weighted by Crippen LogP contribution is 2.36. The maximum absolute atomic E-state index is 13.8. The standard InChI is InChI=1S/C26H29BBrNO4S/c1-18(2)17-29(27(5)16-21-9-7-6-8-10-21)34(31,32)25-15-23(11-12-24(25)30)33-26-19(3)13-22(28)14-20(26)4/h6-15,30H,1,16-17H2,2-5H3. The monoisotopic (exact) mass is 541 g/mol. The lowest BCUT2D eigenvalue weighted by atomic mass is 9.60. The summed E-state index contributed by atoms with van der Waals surface area (Å²) < 4.78 is 35.9. The molecule has 1 N–H and O–H groups in total. The van der Waals surface area contributed by atoms with Gasteiger partial charge in [-0.3, -0.25) is 0 Å². The summed E-state index contributed by atoms with van der Waals surface area (Å²) in [5.41, 5.74) is 3.55. The van der Waals surface area contributed by atoms with Crippen molar-refractivity contribution in [2.75, 3.05) is 6.54 Å². The Balaban J connectivity index is 1.99. The van der Waals surface area contributed by atoms with E-state index in [0.29, 0.717) is 23.4 Å². The molecule has 0 saturated carbocycles. The van der Waals surface area contributed by atoms with Crippen molar-refractivity contribution in [3.8, 4) is 17.2 Å². The van der Waals surface area contributed by atoms with E-state index < -0.39 is 10.0 Å². The molecule has 178 valence electrons. The van der Waals surface area contributed by atoms with Crippen molar-refractivity contribution in [2.45, 2.75) is 38.8 Å². The Labute approximate surface area is 211 Å². The zero-order chi connectivity index (χ0) is 25.0. The molecule has 0 aliphatic rings. The van der Waals surface area contributed by atoms with E-state index in [1.165, 1.54) is 16.3 Å². The van der Waals surface area contributed by atoms with Gasteiger partial charge in [0.2, 0.25) is 16.9 Å². The molecule has 0 spiro atoms. The van der Waals surface area contributed by atoms with Gasteiger partial charge in [-0.05, 0) is 62.5 Å². The van der Waals surface area contributed by atoms with Crippen molar-refractivity contribution in [1.82, 2.24) is 4.22 Å². The summed E-state index contributed by atoms with van der Waals surface area (Å²) in [7, 11) is -4.05. The van der Waals surface area contributed by atoms with Crippen molar-refractivity contribution in [2.24, 2.45) is 0 Å². The zero-order valence-electron chi connectivity index (χ0n) is 19.9. The van der Waals surface area contributed by atoms with Gasteiger partial charge < -0.3 is 9.84 Å². The first-order chi connectivity index (χ1) is 16.0. The van der Waals surface area contributed by atoms with Crippen LogP contribution in [-0.4, -0.2) is 31.1 Å². The van der Waals surface area contributed by atoms with Crippen LogP contribution in [0.2, 0.25) is 6.82 Å². The van der Waals surface area contributed by atoms with Gasteiger partial charge in [-0.1, -0.05) is 70.8 Å². The number of aromatic hydroxyl groups is 1. The summed E-state index contributed by atoms with van der Waals surface area (Å²) in [6, 6.07) is 17.9. The minimum atomic E-state index is -4.05. The fourth-order valence-electron chi connectivity index (χ4n) is 3.87. The van der Waals surface area contributed by atoms with Crippen LogP contribution in [0, 0.1) is 13.8 Å². The molecule has 3 aromatic rings. The van der Waals surface area contributed by atoms with Gasteiger partial charge in [-0.2, -0.15) is 0 Å². The van der Waals surface area contributed by atoms with Gasteiger partial charge in [0, 0.05) is 17.1 Å². The van der Waals surface area contributed by atoms with Crippen molar-refractivity contribution >= 4 is 32.8 Å². The summed E-state index contributed by atoms with van der Waals surface area (Å²) in [4.78, 5) is -0.196. The molecule has 0 amide bonds. The molecule has 3 rings (SSSR count). The van der Waals surface area contributed by atoms with E-state index in [1.807, 2.05) is 63.1 Å². The van der Waals surface area contributed by atoms with Gasteiger partial charge >= 0.3 is 0 Å². The second-order valence-corrected chi connectivity index (χ2v) is 11.4. The number of benzene rings is 3. The zero-order valence-corrected chi connectivity index (χ0v) is 22.3. The average Bonchev–Trinajstić information content (AvgIpc) is 2.76. The predicted molar refractivity (Wildman–Crippen MR) is 142 cm³/mol. The molecule has 5 nitrogen and oxygen atoms in total. The second kappa shape index (κ2) is 10.8. The molecule has 0 aliphatic heterocycles. The number of phenolic OH excluding ortho intramolecular Hbond substituents is 1. The summed E-state index contributed by atoms with van der Waals surface area (Å²) in [5, 5.41) is 10.5. The van der Waals surface area contributed by atoms with E-state index in [4.69, 9.17) is 4.74 Å². The number of aryl methyl sites for hydroxylation is 2. The Morgan fingerprint density at radius 3 is 2.29 bits per heavy atom. The number of hydrogen-bond donors (Lipinski definition) is 1. The fourth-order valence-corrected chi connectivity index (χ4v) is 6.34. The van der Waals surface area contributed by atoms with Crippen LogP contribution in [-0.2, 0) is 16.3 Å². The van der Waals surface area contributed by atoms with E-state index in [9.17, 15) is 13.5 Å². The molecule has 0 unspecified atom stereocenters. The lowest BCUT2D eigenvalue weighted by molar-refractivity contribution is 0.443. The molecule has 0 atom stereocenters. The Morgan fingerprint density at radius 2 is 1.71 bits per heavy atom. The second-order valence-electron chi connectivity index (χ2n) is 8.65. The van der Waals surface area contributed by atoms with E-state index in [1.54, 1.807) is 13.0 Å². The Hall–Kier alpha value is -2.55. The Kier molecular flexibility index (Phi) is 8.28. The number of phenols is 1. The number of ether oxygens (including phenoxy) is 1. The number of rotatable bonds is 9. The molecule has 3 aromatic carbocycles. The molecule has 0 fully saturated rings. The van der Waals surface area contributed by atoms with E-state index in [0.717, 1.165) is 21.2 Å². The fraction of sp³-hybridized carbons (Fsp3) is 0.231. The SMILES string of the molecule is C=C(C)CN(B(C)Cc1ccccc1)S(=O)(=O)c1cc(Oc2c(C)cc(Br)cc2C)ccc1O. The summed E-state index contributed by atoms with van der Waals surface area (Å²) in [6.07, 6.45) is 0.529. The summed E-state index contributed by atoms with van der Waals surface area (Å²) in [5.74, 6) is 0.652. The molecule has 34 heavy (non-hydrogen) atoms. The van der Waals surface area contributed by atoms with Crippen LogP contribution < -0.4 is 4.74 Å². The summed E-state index contributed by atoms with van der Waals surface area (Å²) >= 11 is 3.47. The number of halogens is 1. The minimum absolute atomic E-state index is 0.145. The molecule has 0 aliphatic carbocycles.